The number of nitrogens with zero attached hydrogens (tertiary/aromatic N) is 1. The number of hydrogen-bond donors (Lipinski definition) is 1. The Bertz CT molecular complexity index is 750. The quantitative estimate of drug-likeness (QED) is 0.667. The van der Waals surface area contributed by atoms with Gasteiger partial charge in [0.15, 0.2) is 18.0 Å². The Kier molecular flexibility index (Phi) is 8.00. The maximum Gasteiger partial charge on any atom is 0.277 e. The molecule has 1 N–H and O–H groups in total. The van der Waals surface area contributed by atoms with Crippen LogP contribution in [0, 0.1) is 0 Å². The fourth-order valence-corrected chi connectivity index (χ4v) is 3.30. The van der Waals surface area contributed by atoms with Crippen molar-refractivity contribution in [1.29, 1.82) is 0 Å². The second kappa shape index (κ2) is 10.2. The lowest BCUT2D eigenvalue weighted by Crippen LogP contribution is -3.08. The number of hydrogen-bond acceptors (Lipinski definition) is 4. The topological polar surface area (TPSA) is 43.2 Å². The first-order valence-electron chi connectivity index (χ1n) is 8.86. The van der Waals surface area contributed by atoms with Crippen LogP contribution in [0.3, 0.4) is 0 Å². The third-order valence-corrected chi connectivity index (χ3v) is 5.15. The number of methoxy groups -OCH3 is 2. The molecule has 27 heavy (non-hydrogen) atoms. The summed E-state index contributed by atoms with van der Waals surface area (Å²) in [6, 6.07) is 14.2. The van der Waals surface area contributed by atoms with E-state index >= 15 is 0 Å². The van der Waals surface area contributed by atoms with Gasteiger partial charge < -0.3 is 19.3 Å². The van der Waals surface area contributed by atoms with Gasteiger partial charge in [-0.3, -0.25) is 4.79 Å². The van der Waals surface area contributed by atoms with Crippen molar-refractivity contribution in [3.8, 4) is 11.5 Å². The van der Waals surface area contributed by atoms with Gasteiger partial charge in [-0.1, -0.05) is 12.1 Å². The molecule has 0 saturated carbocycles. The van der Waals surface area contributed by atoms with Gasteiger partial charge in [-0.05, 0) is 42.2 Å². The molecule has 0 aliphatic rings. The van der Waals surface area contributed by atoms with Crippen LogP contribution in [0.25, 0.3) is 0 Å². The molecular weight excluding hydrogens is 360 g/mol. The van der Waals surface area contributed by atoms with Crippen molar-refractivity contribution >= 4 is 17.7 Å². The predicted octanol–water partition coefficient (Wildman–Crippen LogP) is 2.10. The molecule has 0 radical (unpaired) electrons. The van der Waals surface area contributed by atoms with Crippen LogP contribution in [-0.2, 0) is 17.9 Å². The van der Waals surface area contributed by atoms with E-state index < -0.39 is 0 Å². The average molecular weight is 390 g/mol. The summed E-state index contributed by atoms with van der Waals surface area (Å²) in [6.45, 7) is 1.80. The Morgan fingerprint density at radius 2 is 1.67 bits per heavy atom. The van der Waals surface area contributed by atoms with Crippen LogP contribution in [0.15, 0.2) is 47.4 Å². The molecule has 2 aromatic rings. The van der Waals surface area contributed by atoms with Crippen LogP contribution in [0.1, 0.15) is 11.1 Å². The van der Waals surface area contributed by atoms with E-state index in [0.717, 1.165) is 22.6 Å². The minimum atomic E-state index is 0.127. The third kappa shape index (κ3) is 6.19. The van der Waals surface area contributed by atoms with Crippen molar-refractivity contribution in [2.24, 2.45) is 0 Å². The van der Waals surface area contributed by atoms with E-state index in [2.05, 4.69) is 30.5 Å². The first-order valence-corrected chi connectivity index (χ1v) is 10.1. The number of rotatable bonds is 9. The molecule has 5 nitrogen and oxygen atoms in total. The van der Waals surface area contributed by atoms with Crippen molar-refractivity contribution in [3.63, 3.8) is 0 Å². The van der Waals surface area contributed by atoms with Gasteiger partial charge in [0.1, 0.15) is 6.54 Å². The molecule has 0 bridgehead atoms. The molecule has 0 fully saturated rings. The molecule has 0 spiro atoms. The molecule has 0 heterocycles. The second-order valence-corrected chi connectivity index (χ2v) is 7.48. The highest BCUT2D eigenvalue weighted by atomic mass is 32.2. The monoisotopic (exact) mass is 389 g/mol. The zero-order chi connectivity index (χ0) is 19.8. The lowest BCUT2D eigenvalue weighted by Gasteiger charge is -2.20. The van der Waals surface area contributed by atoms with E-state index in [4.69, 9.17) is 9.47 Å². The van der Waals surface area contributed by atoms with Crippen molar-refractivity contribution in [3.05, 3.63) is 53.6 Å². The smallest absolute Gasteiger partial charge is 0.277 e. The normalized spacial score (nSPS) is 11.7. The van der Waals surface area contributed by atoms with E-state index in [1.54, 1.807) is 30.9 Å². The molecule has 1 atom stereocenters. The molecule has 0 aliphatic heterocycles. The van der Waals surface area contributed by atoms with Crippen LogP contribution in [-0.4, -0.2) is 51.9 Å². The Balaban J connectivity index is 1.90. The highest BCUT2D eigenvalue weighted by Gasteiger charge is 2.16. The maximum atomic E-state index is 12.6. The Hall–Kier alpha value is -2.18. The van der Waals surface area contributed by atoms with Gasteiger partial charge in [0.25, 0.3) is 5.91 Å². The zero-order valence-electron chi connectivity index (χ0n) is 16.7. The van der Waals surface area contributed by atoms with Crippen LogP contribution in [0.4, 0.5) is 0 Å². The molecule has 2 rings (SSSR count). The number of nitrogens with one attached hydrogen (secondary N) is 1. The summed E-state index contributed by atoms with van der Waals surface area (Å²) in [7, 11) is 7.13. The van der Waals surface area contributed by atoms with E-state index in [9.17, 15) is 4.79 Å². The Morgan fingerprint density at radius 1 is 1.04 bits per heavy atom. The first-order chi connectivity index (χ1) is 13.0. The molecule has 1 amide bonds. The largest absolute Gasteiger partial charge is 0.493 e. The highest BCUT2D eigenvalue weighted by Crippen LogP contribution is 2.27. The summed E-state index contributed by atoms with van der Waals surface area (Å²) in [4.78, 5) is 16.7. The van der Waals surface area contributed by atoms with Crippen LogP contribution < -0.4 is 14.4 Å². The molecule has 0 aliphatic carbocycles. The molecule has 1 unspecified atom stereocenters. The lowest BCUT2D eigenvalue weighted by molar-refractivity contribution is -0.885. The minimum absolute atomic E-state index is 0.127. The Labute approximate surface area is 166 Å². The summed E-state index contributed by atoms with van der Waals surface area (Å²) in [6.07, 6.45) is 2.06. The van der Waals surface area contributed by atoms with Crippen molar-refractivity contribution in [2.75, 3.05) is 41.1 Å². The number of carbonyl (C=O) groups is 1. The number of likely N-dealkylation sites (N-methyl/N-ethyl adjacent to an activating group) is 2. The summed E-state index contributed by atoms with van der Waals surface area (Å²) >= 11 is 1.72. The third-order valence-electron chi connectivity index (χ3n) is 4.41. The van der Waals surface area contributed by atoms with Gasteiger partial charge >= 0.3 is 0 Å². The standard InChI is InChI=1S/C21H28N2O3S/c1-22(13-17-8-11-19(25-3)20(12-17)26-4)15-21(24)23(2)14-16-6-9-18(27-5)10-7-16/h6-12H,13-15H2,1-5H3/p+1. The maximum absolute atomic E-state index is 12.6. The van der Waals surface area contributed by atoms with Crippen LogP contribution >= 0.6 is 11.8 Å². The summed E-state index contributed by atoms with van der Waals surface area (Å²) in [5.74, 6) is 1.55. The fraction of sp³-hybridized carbons (Fsp3) is 0.381. The van der Waals surface area contributed by atoms with Crippen molar-refractivity contribution in [2.45, 2.75) is 18.0 Å². The number of quaternary nitrogens is 1. The van der Waals surface area contributed by atoms with Gasteiger partial charge in [-0.25, -0.2) is 0 Å². The van der Waals surface area contributed by atoms with Crippen LogP contribution in [0.2, 0.25) is 0 Å². The van der Waals surface area contributed by atoms with Gasteiger partial charge in [0.2, 0.25) is 0 Å². The predicted molar refractivity (Wildman–Crippen MR) is 110 cm³/mol. The molecule has 0 saturated heterocycles. The molecular formula is C21H29N2O3S+. The van der Waals surface area contributed by atoms with Gasteiger partial charge in [-0.2, -0.15) is 0 Å². The summed E-state index contributed by atoms with van der Waals surface area (Å²) < 4.78 is 10.6. The van der Waals surface area contributed by atoms with E-state index in [0.29, 0.717) is 24.6 Å². The molecule has 0 aromatic heterocycles. The number of ether oxygens (including phenoxy) is 2. The minimum Gasteiger partial charge on any atom is -0.493 e. The molecule has 6 heteroatoms. The van der Waals surface area contributed by atoms with Crippen molar-refractivity contribution < 1.29 is 19.2 Å². The summed E-state index contributed by atoms with van der Waals surface area (Å²) in [5, 5.41) is 0. The second-order valence-electron chi connectivity index (χ2n) is 6.60. The SMILES string of the molecule is COc1ccc(C[NH+](C)CC(=O)N(C)Cc2ccc(SC)cc2)cc1OC. The average Bonchev–Trinajstić information content (AvgIpc) is 2.68. The summed E-state index contributed by atoms with van der Waals surface area (Å²) in [5.41, 5.74) is 2.24. The number of amides is 1. The number of carbonyl (C=O) groups excluding carboxylic acids is 1. The van der Waals surface area contributed by atoms with E-state index in [1.165, 1.54) is 4.90 Å². The number of thioether (sulfide) groups is 1. The lowest BCUT2D eigenvalue weighted by atomic mass is 10.2. The zero-order valence-corrected chi connectivity index (χ0v) is 17.6. The van der Waals surface area contributed by atoms with Gasteiger partial charge in [0, 0.05) is 24.1 Å². The van der Waals surface area contributed by atoms with Gasteiger partial charge in [0.05, 0.1) is 21.3 Å². The Morgan fingerprint density at radius 3 is 2.26 bits per heavy atom. The van der Waals surface area contributed by atoms with Crippen LogP contribution in [0.5, 0.6) is 11.5 Å². The molecule has 2 aromatic carbocycles. The van der Waals surface area contributed by atoms with Gasteiger partial charge in [-0.15, -0.1) is 11.8 Å². The molecule has 146 valence electrons. The first kappa shape index (κ1) is 21.1. The van der Waals surface area contributed by atoms with Crippen molar-refractivity contribution in [1.82, 2.24) is 4.90 Å². The fourth-order valence-electron chi connectivity index (χ4n) is 2.89. The van der Waals surface area contributed by atoms with E-state index in [-0.39, 0.29) is 5.91 Å². The van der Waals surface area contributed by atoms with E-state index in [1.807, 2.05) is 32.3 Å². The highest BCUT2D eigenvalue weighted by molar-refractivity contribution is 7.98. The number of benzene rings is 2.